The van der Waals surface area contributed by atoms with Crippen molar-refractivity contribution in [3.8, 4) is 6.07 Å². The topological polar surface area (TPSA) is 102 Å². The van der Waals surface area contributed by atoms with Crippen LogP contribution in [0.1, 0.15) is 82.6 Å². The third kappa shape index (κ3) is 8.29. The van der Waals surface area contributed by atoms with Crippen LogP contribution >= 0.6 is 11.8 Å². The molecule has 2 N–H and O–H groups in total. The number of carboxylic acid groups (broad SMARTS) is 2. The predicted octanol–water partition coefficient (Wildman–Crippen LogP) is 11.0. The van der Waals surface area contributed by atoms with E-state index in [4.69, 9.17) is 0 Å². The average molecular weight is 725 g/mol. The monoisotopic (exact) mass is 724 g/mol. The first-order valence-electron chi connectivity index (χ1n) is 18.4. The Bertz CT molecular complexity index is 2040. The minimum absolute atomic E-state index is 0.0357. The van der Waals surface area contributed by atoms with Crippen molar-refractivity contribution in [2.75, 3.05) is 4.90 Å². The third-order valence-electron chi connectivity index (χ3n) is 11.5. The number of benzene rings is 3. The Morgan fingerprint density at radius 2 is 1.38 bits per heavy atom. The van der Waals surface area contributed by atoms with E-state index in [1.807, 2.05) is 19.1 Å². The van der Waals surface area contributed by atoms with E-state index in [-0.39, 0.29) is 22.2 Å². The molecule has 0 radical (unpaired) electrons. The van der Waals surface area contributed by atoms with Gasteiger partial charge >= 0.3 is 11.9 Å². The summed E-state index contributed by atoms with van der Waals surface area (Å²) in [6, 6.07) is 27.9. The van der Waals surface area contributed by atoms with Gasteiger partial charge in [0, 0.05) is 38.9 Å². The van der Waals surface area contributed by atoms with E-state index in [1.54, 1.807) is 31.7 Å². The summed E-state index contributed by atoms with van der Waals surface area (Å²) in [6.07, 6.45) is 18.5. The smallest absolute Gasteiger partial charge is 0.346 e. The maximum absolute atomic E-state index is 11.8. The summed E-state index contributed by atoms with van der Waals surface area (Å²) < 4.78 is -0.247. The van der Waals surface area contributed by atoms with Crippen molar-refractivity contribution in [1.29, 1.82) is 5.26 Å². The Morgan fingerprint density at radius 1 is 0.849 bits per heavy atom. The number of rotatable bonds is 12. The van der Waals surface area contributed by atoms with Crippen molar-refractivity contribution >= 4 is 53.7 Å². The van der Waals surface area contributed by atoms with E-state index in [9.17, 15) is 25.1 Å². The van der Waals surface area contributed by atoms with Gasteiger partial charge in [0.1, 0.15) is 11.6 Å². The molecule has 2 aliphatic carbocycles. The first kappa shape index (κ1) is 37.7. The van der Waals surface area contributed by atoms with Crippen LogP contribution in [0.25, 0.3) is 24.3 Å². The predicted molar refractivity (Wildman–Crippen MR) is 217 cm³/mol. The highest BCUT2D eigenvalue weighted by molar-refractivity contribution is 8.00. The number of nitrogens with zero attached hydrogens (tertiary/aromatic N) is 2. The molecule has 272 valence electrons. The maximum atomic E-state index is 11.8. The Kier molecular flexibility index (Phi) is 11.0. The van der Waals surface area contributed by atoms with E-state index < -0.39 is 17.4 Å². The number of carbonyl (C=O) groups is 2. The number of hydrogen-bond donors (Lipinski definition) is 2. The summed E-state index contributed by atoms with van der Waals surface area (Å²) in [4.78, 5) is 26.8. The summed E-state index contributed by atoms with van der Waals surface area (Å²) in [6.45, 7) is 9.86. The van der Waals surface area contributed by atoms with Crippen LogP contribution in [0.2, 0.25) is 0 Å². The average Bonchev–Trinajstić information content (AvgIpc) is 3.74. The minimum atomic E-state index is -1.17. The lowest BCUT2D eigenvalue weighted by molar-refractivity contribution is -0.150. The second-order valence-corrected chi connectivity index (χ2v) is 17.3. The molecule has 0 saturated heterocycles. The largest absolute Gasteiger partial charge is 0.481 e. The lowest BCUT2D eigenvalue weighted by Gasteiger charge is -2.39. The molecule has 1 aliphatic heterocycles. The molecule has 4 atom stereocenters. The lowest BCUT2D eigenvalue weighted by Crippen LogP contribution is -2.41. The SMILES string of the molecule is CC(C(C)(C)Sc1ccc(C=Cc2ccc(C=Cc3ccc(N4C5=C(CC(/C=C(\C#N)C(=O)O)C=C5)C5CCCC54)cc3)cc2)cc1)C(C)(C)C(=O)O. The molecular formula is C46H48N2O4S. The Hall–Kier alpha value is -5.06. The highest BCUT2D eigenvalue weighted by Crippen LogP contribution is 2.50. The van der Waals surface area contributed by atoms with Crippen LogP contribution in [0.4, 0.5) is 5.69 Å². The molecule has 53 heavy (non-hydrogen) atoms. The minimum Gasteiger partial charge on any atom is -0.481 e. The molecule has 0 spiro atoms. The van der Waals surface area contributed by atoms with E-state index >= 15 is 0 Å². The Labute approximate surface area is 317 Å². The van der Waals surface area contributed by atoms with Crippen molar-refractivity contribution in [3.63, 3.8) is 0 Å². The fraction of sp³-hybridized carbons (Fsp3) is 0.326. The van der Waals surface area contributed by atoms with Crippen molar-refractivity contribution in [2.24, 2.45) is 23.2 Å². The molecule has 4 unspecified atom stereocenters. The van der Waals surface area contributed by atoms with Gasteiger partial charge in [0.15, 0.2) is 0 Å². The highest BCUT2D eigenvalue weighted by Gasteiger charge is 2.45. The first-order valence-corrected chi connectivity index (χ1v) is 19.2. The van der Waals surface area contributed by atoms with Crippen LogP contribution in [0.15, 0.2) is 113 Å². The fourth-order valence-electron chi connectivity index (χ4n) is 7.92. The molecule has 0 aromatic heterocycles. The third-order valence-corrected chi connectivity index (χ3v) is 12.9. The number of hydrogen-bond acceptors (Lipinski definition) is 5. The zero-order valence-corrected chi connectivity index (χ0v) is 31.9. The van der Waals surface area contributed by atoms with Gasteiger partial charge in [-0.05, 0) is 97.2 Å². The second-order valence-electron chi connectivity index (χ2n) is 15.6. The fourth-order valence-corrected chi connectivity index (χ4v) is 9.27. The Morgan fingerprint density at radius 3 is 1.89 bits per heavy atom. The quantitative estimate of drug-likeness (QED) is 0.0830. The molecule has 3 aliphatic rings. The van der Waals surface area contributed by atoms with Gasteiger partial charge in [-0.25, -0.2) is 4.79 Å². The van der Waals surface area contributed by atoms with Crippen LogP contribution in [0.3, 0.4) is 0 Å². The van der Waals surface area contributed by atoms with Crippen LogP contribution < -0.4 is 4.90 Å². The van der Waals surface area contributed by atoms with Crippen LogP contribution in [0, 0.1) is 34.5 Å². The number of allylic oxidation sites excluding steroid dienone is 3. The summed E-state index contributed by atoms with van der Waals surface area (Å²) in [5.41, 5.74) is 7.27. The molecule has 0 bridgehead atoms. The van der Waals surface area contributed by atoms with Crippen LogP contribution in [0.5, 0.6) is 0 Å². The maximum Gasteiger partial charge on any atom is 0.346 e. The van der Waals surface area contributed by atoms with Crippen molar-refractivity contribution in [3.05, 3.63) is 130 Å². The summed E-state index contributed by atoms with van der Waals surface area (Å²) >= 11 is 1.72. The van der Waals surface area contributed by atoms with Gasteiger partial charge in [-0.2, -0.15) is 5.26 Å². The van der Waals surface area contributed by atoms with E-state index in [0.717, 1.165) is 46.4 Å². The summed E-state index contributed by atoms with van der Waals surface area (Å²) in [5, 5.41) is 28.3. The second kappa shape index (κ2) is 15.5. The standard InChI is InChI=1S/C46H48N2O4S/c1-30(45(2,3)44(51)52)46(4,5)53-38-24-19-34(20-25-38)16-14-32-11-9-31(10-12-32)13-15-33-17-22-37(23-18-33)48-41-8-6-7-39(41)40-28-35(21-26-42(40)48)27-36(29-47)43(49)50/h9-27,30,35,39,41H,6-8,28H2,1-5H3,(H,49,50)(H,51,52)/b15-13?,16-14?,36-27+. The van der Waals surface area contributed by atoms with Crippen LogP contribution in [-0.4, -0.2) is 32.9 Å². The number of nitriles is 1. The van der Waals surface area contributed by atoms with Gasteiger partial charge < -0.3 is 15.1 Å². The molecule has 1 fully saturated rings. The van der Waals surface area contributed by atoms with E-state index in [2.05, 4.69) is 122 Å². The molecule has 1 saturated carbocycles. The van der Waals surface area contributed by atoms with Gasteiger partial charge in [0.25, 0.3) is 0 Å². The van der Waals surface area contributed by atoms with Crippen molar-refractivity contribution in [2.45, 2.75) is 76.0 Å². The number of carboxylic acids is 2. The van der Waals surface area contributed by atoms with Gasteiger partial charge in [-0.3, -0.25) is 4.79 Å². The lowest BCUT2D eigenvalue weighted by atomic mass is 9.73. The normalized spacial score (nSPS) is 20.9. The zero-order valence-electron chi connectivity index (χ0n) is 31.1. The number of fused-ring (bicyclic) bond motifs is 2. The van der Waals surface area contributed by atoms with E-state index in [0.29, 0.717) is 12.0 Å². The van der Waals surface area contributed by atoms with Gasteiger partial charge in [-0.15, -0.1) is 11.8 Å². The first-order chi connectivity index (χ1) is 25.3. The molecule has 6 nitrogen and oxygen atoms in total. The Balaban J connectivity index is 1.06. The zero-order chi connectivity index (χ0) is 37.9. The van der Waals surface area contributed by atoms with Gasteiger partial charge in [-0.1, -0.05) is 112 Å². The molecule has 1 heterocycles. The molecule has 6 rings (SSSR count). The number of anilines is 1. The van der Waals surface area contributed by atoms with Crippen molar-refractivity contribution in [1.82, 2.24) is 0 Å². The van der Waals surface area contributed by atoms with E-state index in [1.165, 1.54) is 23.4 Å². The molecule has 0 amide bonds. The van der Waals surface area contributed by atoms with Crippen molar-refractivity contribution < 1.29 is 19.8 Å². The van der Waals surface area contributed by atoms with Crippen LogP contribution in [-0.2, 0) is 9.59 Å². The molecule has 3 aromatic carbocycles. The van der Waals surface area contributed by atoms with Gasteiger partial charge in [0.05, 0.1) is 5.41 Å². The molecule has 3 aromatic rings. The summed E-state index contributed by atoms with van der Waals surface area (Å²) in [5.74, 6) is -1.58. The molecule has 7 heteroatoms. The van der Waals surface area contributed by atoms with Gasteiger partial charge in [0.2, 0.25) is 0 Å². The number of thioether (sulfide) groups is 1. The molecular weight excluding hydrogens is 677 g/mol. The highest BCUT2D eigenvalue weighted by atomic mass is 32.2. The number of aliphatic carboxylic acids is 2. The summed E-state index contributed by atoms with van der Waals surface area (Å²) in [7, 11) is 0.